The van der Waals surface area contributed by atoms with Gasteiger partial charge in [-0.1, -0.05) is 102 Å². The second-order valence-electron chi connectivity index (χ2n) is 12.8. The molecule has 9 heteroatoms. The van der Waals surface area contributed by atoms with Crippen LogP contribution in [0.2, 0.25) is 0 Å². The first-order valence-electron chi connectivity index (χ1n) is 17.7. The number of allylic oxidation sites excluding steroid dienone is 6. The molecule has 0 fully saturated rings. The predicted molar refractivity (Wildman–Crippen MR) is 184 cm³/mol. The normalized spacial score (nSPS) is 13.5. The van der Waals surface area contributed by atoms with Crippen LogP contribution in [0.5, 0.6) is 0 Å². The van der Waals surface area contributed by atoms with Gasteiger partial charge in [0.2, 0.25) is 0 Å². The van der Waals surface area contributed by atoms with E-state index in [1.54, 1.807) is 0 Å². The van der Waals surface area contributed by atoms with Gasteiger partial charge in [-0.3, -0.25) is 9.59 Å². The highest BCUT2D eigenvalue weighted by atomic mass is 16.7. The zero-order valence-electron chi connectivity index (χ0n) is 29.7. The highest BCUT2D eigenvalue weighted by Gasteiger charge is 2.25. The van der Waals surface area contributed by atoms with E-state index >= 15 is 0 Å². The first-order chi connectivity index (χ1) is 22.1. The molecular weight excluding hydrogens is 586 g/mol. The van der Waals surface area contributed by atoms with Crippen molar-refractivity contribution in [3.63, 3.8) is 0 Å². The number of esters is 2. The van der Waals surface area contributed by atoms with Crippen LogP contribution in [0, 0.1) is 0 Å². The van der Waals surface area contributed by atoms with E-state index in [4.69, 9.17) is 18.9 Å². The number of ether oxygens (including phenoxy) is 4. The monoisotopic (exact) mass is 652 g/mol. The maximum atomic E-state index is 12.6. The van der Waals surface area contributed by atoms with Crippen LogP contribution in [0.4, 0.5) is 0 Å². The smallest absolute Gasteiger partial charge is 0.361 e. The van der Waals surface area contributed by atoms with Crippen molar-refractivity contribution in [2.75, 3.05) is 47.5 Å². The number of hydrogen-bond donors (Lipinski definition) is 1. The summed E-state index contributed by atoms with van der Waals surface area (Å²) < 4.78 is 22.4. The Morgan fingerprint density at radius 3 is 1.85 bits per heavy atom. The van der Waals surface area contributed by atoms with E-state index < -0.39 is 24.3 Å². The topological polar surface area (TPSA) is 108 Å². The molecule has 0 amide bonds. The minimum absolute atomic E-state index is 0.184. The van der Waals surface area contributed by atoms with Crippen LogP contribution < -0.4 is 0 Å². The number of nitrogens with zero attached hydrogens (tertiary/aromatic N) is 1. The lowest BCUT2D eigenvalue weighted by atomic mass is 10.1. The quantitative estimate of drug-likeness (QED) is 0.0264. The zero-order valence-corrected chi connectivity index (χ0v) is 29.7. The minimum Gasteiger partial charge on any atom is -0.477 e. The second kappa shape index (κ2) is 29.9. The molecule has 0 aromatic carbocycles. The Balaban J connectivity index is 4.55. The van der Waals surface area contributed by atoms with Crippen molar-refractivity contribution in [1.82, 2.24) is 0 Å². The molecule has 0 aliphatic rings. The van der Waals surface area contributed by atoms with Gasteiger partial charge in [0.05, 0.1) is 34.4 Å². The summed E-state index contributed by atoms with van der Waals surface area (Å²) in [6.45, 7) is 4.63. The van der Waals surface area contributed by atoms with Gasteiger partial charge in [0.25, 0.3) is 6.29 Å². The van der Waals surface area contributed by atoms with Crippen LogP contribution in [0.1, 0.15) is 123 Å². The molecule has 0 saturated carbocycles. The molecule has 0 rings (SSSR count). The van der Waals surface area contributed by atoms with Crippen molar-refractivity contribution >= 4 is 17.9 Å². The molecule has 0 radical (unpaired) electrons. The van der Waals surface area contributed by atoms with Gasteiger partial charge in [-0.05, 0) is 44.9 Å². The Morgan fingerprint density at radius 1 is 0.674 bits per heavy atom. The van der Waals surface area contributed by atoms with E-state index in [-0.39, 0.29) is 32.2 Å². The van der Waals surface area contributed by atoms with Gasteiger partial charge >= 0.3 is 17.9 Å². The molecule has 46 heavy (non-hydrogen) atoms. The van der Waals surface area contributed by atoms with Crippen molar-refractivity contribution in [1.29, 1.82) is 0 Å². The van der Waals surface area contributed by atoms with Gasteiger partial charge in [0, 0.05) is 12.8 Å². The van der Waals surface area contributed by atoms with Crippen molar-refractivity contribution in [2.45, 2.75) is 135 Å². The molecule has 2 atom stereocenters. The molecule has 9 nitrogen and oxygen atoms in total. The number of carbonyl (C=O) groups excluding carboxylic acids is 2. The van der Waals surface area contributed by atoms with E-state index in [2.05, 4.69) is 50.3 Å². The Kier molecular flexibility index (Phi) is 28.3. The molecule has 0 heterocycles. The molecule has 0 aromatic rings. The van der Waals surface area contributed by atoms with E-state index in [1.807, 2.05) is 21.1 Å². The highest BCUT2D eigenvalue weighted by molar-refractivity contribution is 5.71. The number of carboxylic acid groups (broad SMARTS) is 1. The van der Waals surface area contributed by atoms with Gasteiger partial charge in [-0.2, -0.15) is 0 Å². The Hall–Kier alpha value is -2.49. The van der Waals surface area contributed by atoms with Gasteiger partial charge < -0.3 is 28.5 Å². The fourth-order valence-electron chi connectivity index (χ4n) is 4.38. The molecule has 1 N–H and O–H groups in total. The average Bonchev–Trinajstić information content (AvgIpc) is 3.00. The zero-order chi connectivity index (χ0) is 34.3. The summed E-state index contributed by atoms with van der Waals surface area (Å²) in [7, 11) is 5.92. The second-order valence-corrected chi connectivity index (χ2v) is 12.8. The van der Waals surface area contributed by atoms with Crippen molar-refractivity contribution < 1.29 is 42.9 Å². The van der Waals surface area contributed by atoms with Crippen LogP contribution in [-0.2, 0) is 33.3 Å². The van der Waals surface area contributed by atoms with E-state index in [1.165, 1.54) is 12.8 Å². The van der Waals surface area contributed by atoms with E-state index in [0.717, 1.165) is 77.0 Å². The van der Waals surface area contributed by atoms with Gasteiger partial charge in [0.15, 0.2) is 6.10 Å². The maximum absolute atomic E-state index is 12.6. The average molecular weight is 653 g/mol. The summed E-state index contributed by atoms with van der Waals surface area (Å²) in [5.74, 6) is -2.05. The Labute approximate surface area is 280 Å². The third kappa shape index (κ3) is 30.2. The van der Waals surface area contributed by atoms with Gasteiger partial charge in [-0.15, -0.1) is 0 Å². The molecule has 266 valence electrons. The lowest BCUT2D eigenvalue weighted by Gasteiger charge is -2.25. The summed E-state index contributed by atoms with van der Waals surface area (Å²) in [6.07, 6.45) is 26.6. The number of carboxylic acids is 1. The van der Waals surface area contributed by atoms with Crippen molar-refractivity contribution in [3.05, 3.63) is 36.5 Å². The Morgan fingerprint density at radius 2 is 1.24 bits per heavy atom. The lowest BCUT2D eigenvalue weighted by Crippen LogP contribution is -2.40. The van der Waals surface area contributed by atoms with Crippen LogP contribution in [0.25, 0.3) is 0 Å². The summed E-state index contributed by atoms with van der Waals surface area (Å²) in [4.78, 5) is 36.6. The summed E-state index contributed by atoms with van der Waals surface area (Å²) in [6, 6.07) is 0. The molecule has 0 aliphatic heterocycles. The third-order valence-electron chi connectivity index (χ3n) is 7.16. The van der Waals surface area contributed by atoms with Crippen molar-refractivity contribution in [3.8, 4) is 0 Å². The number of unbranched alkanes of at least 4 members (excludes halogenated alkanes) is 10. The van der Waals surface area contributed by atoms with E-state index in [9.17, 15) is 19.5 Å². The summed E-state index contributed by atoms with van der Waals surface area (Å²) in [5, 5.41) is 9.54. The number of quaternary nitrogens is 1. The number of carbonyl (C=O) groups is 3. The predicted octanol–water partition coefficient (Wildman–Crippen LogP) is 7.93. The fourth-order valence-corrected chi connectivity index (χ4v) is 4.38. The number of rotatable bonds is 31. The van der Waals surface area contributed by atoms with Crippen LogP contribution in [0.15, 0.2) is 36.5 Å². The van der Waals surface area contributed by atoms with Crippen molar-refractivity contribution in [2.24, 2.45) is 0 Å². The fraction of sp³-hybridized carbons (Fsp3) is 0.757. The van der Waals surface area contributed by atoms with Crippen LogP contribution in [0.3, 0.4) is 0 Å². The number of aliphatic carboxylic acids is 1. The lowest BCUT2D eigenvalue weighted by molar-refractivity contribution is -0.870. The largest absolute Gasteiger partial charge is 0.477 e. The Bertz CT molecular complexity index is 862. The van der Waals surface area contributed by atoms with Crippen LogP contribution in [-0.4, -0.2) is 87.4 Å². The number of hydrogen-bond acceptors (Lipinski definition) is 7. The molecular formula is C37H66NO8+. The molecule has 2 unspecified atom stereocenters. The summed E-state index contributed by atoms with van der Waals surface area (Å²) >= 11 is 0. The number of likely N-dealkylation sites (N-methyl/N-ethyl adjacent to an activating group) is 1. The third-order valence-corrected chi connectivity index (χ3v) is 7.16. The highest BCUT2D eigenvalue weighted by Crippen LogP contribution is 2.12. The van der Waals surface area contributed by atoms with Gasteiger partial charge in [-0.25, -0.2) is 4.79 Å². The maximum Gasteiger partial charge on any atom is 0.361 e. The van der Waals surface area contributed by atoms with Gasteiger partial charge in [0.1, 0.15) is 13.2 Å². The SMILES string of the molecule is CC/C=C\C/C=C\C/C=C\CCCCCCCC(=O)OC(COC(=O)CCCCCCCC)COC(OCC[N+](C)(C)C)C(=O)O. The molecule has 0 aliphatic carbocycles. The molecule has 0 saturated heterocycles. The molecule has 0 spiro atoms. The van der Waals surface area contributed by atoms with Crippen LogP contribution >= 0.6 is 0 Å². The first-order valence-corrected chi connectivity index (χ1v) is 17.7. The minimum atomic E-state index is -1.51. The molecule has 0 aromatic heterocycles. The summed E-state index contributed by atoms with van der Waals surface area (Å²) in [5.41, 5.74) is 0. The first kappa shape index (κ1) is 43.5. The standard InChI is InChI=1S/C37H65NO8/c1-6-8-10-12-14-15-16-17-18-19-20-21-22-24-26-28-35(40)46-33(31-44-34(39)27-25-23-13-11-9-7-2)32-45-37(36(41)42)43-30-29-38(3,4)5/h8,10,14-15,17-18,33,37H,6-7,9,11-13,16,19-32H2,1-5H3/p+1/b10-8-,15-14-,18-17-. The molecule has 0 bridgehead atoms. The van der Waals surface area contributed by atoms with E-state index in [0.29, 0.717) is 23.9 Å².